The first-order valence-corrected chi connectivity index (χ1v) is 6.38. The van der Waals surface area contributed by atoms with Crippen molar-refractivity contribution in [2.75, 3.05) is 6.54 Å². The van der Waals surface area contributed by atoms with E-state index in [4.69, 9.17) is 0 Å². The Morgan fingerprint density at radius 3 is 2.84 bits per heavy atom. The highest BCUT2D eigenvalue weighted by Gasteiger charge is 2.08. The Labute approximate surface area is 113 Å². The van der Waals surface area contributed by atoms with Crippen molar-refractivity contribution in [3.8, 4) is 0 Å². The van der Waals surface area contributed by atoms with Gasteiger partial charge in [0, 0.05) is 12.6 Å². The molecule has 0 fully saturated rings. The van der Waals surface area contributed by atoms with E-state index >= 15 is 0 Å². The van der Waals surface area contributed by atoms with Gasteiger partial charge >= 0.3 is 0 Å². The molecule has 1 aromatic rings. The summed E-state index contributed by atoms with van der Waals surface area (Å²) in [6.45, 7) is 4.28. The molecule has 19 heavy (non-hydrogen) atoms. The number of aliphatic hydroxyl groups excluding tert-OH is 1. The van der Waals surface area contributed by atoms with E-state index in [1.807, 2.05) is 13.8 Å². The van der Waals surface area contributed by atoms with Crippen LogP contribution < -0.4 is 5.32 Å². The van der Waals surface area contributed by atoms with Crippen LogP contribution in [0.25, 0.3) is 6.08 Å². The second-order valence-corrected chi connectivity index (χ2v) is 4.78. The third-order valence-corrected chi connectivity index (χ3v) is 2.78. The van der Waals surface area contributed by atoms with Crippen LogP contribution in [-0.4, -0.2) is 23.7 Å². The van der Waals surface area contributed by atoms with E-state index in [1.54, 1.807) is 18.2 Å². The Morgan fingerprint density at radius 2 is 2.21 bits per heavy atom. The molecular formula is C15H20FNO2. The number of hydrogen-bond acceptors (Lipinski definition) is 2. The number of carbonyl (C=O) groups excluding carboxylic acids is 1. The number of aliphatic hydroxyl groups is 1. The first-order valence-electron chi connectivity index (χ1n) is 6.38. The monoisotopic (exact) mass is 265 g/mol. The molecule has 0 aromatic heterocycles. The average molecular weight is 265 g/mol. The third kappa shape index (κ3) is 6.15. The Hall–Kier alpha value is -1.68. The summed E-state index contributed by atoms with van der Waals surface area (Å²) >= 11 is 0. The minimum Gasteiger partial charge on any atom is -0.393 e. The standard InChI is InChI=1S/C15H20FNO2/c1-11(2)14(18)8-9-17-15(19)7-6-12-4-3-5-13(16)10-12/h3-7,10-11,14,18H,8-9H2,1-2H3,(H,17,19). The summed E-state index contributed by atoms with van der Waals surface area (Å²) in [7, 11) is 0. The molecule has 1 aromatic carbocycles. The number of carbonyl (C=O) groups is 1. The molecule has 0 aliphatic carbocycles. The zero-order valence-electron chi connectivity index (χ0n) is 11.3. The molecule has 2 N–H and O–H groups in total. The quantitative estimate of drug-likeness (QED) is 0.776. The molecule has 0 spiro atoms. The van der Waals surface area contributed by atoms with Crippen LogP contribution in [0.1, 0.15) is 25.8 Å². The van der Waals surface area contributed by atoms with Crippen LogP contribution in [0.5, 0.6) is 0 Å². The van der Waals surface area contributed by atoms with Crippen molar-refractivity contribution in [3.05, 3.63) is 41.7 Å². The van der Waals surface area contributed by atoms with E-state index in [2.05, 4.69) is 5.32 Å². The Balaban J connectivity index is 2.35. The molecule has 1 rings (SSSR count). The van der Waals surface area contributed by atoms with E-state index in [-0.39, 0.29) is 17.6 Å². The molecule has 0 saturated carbocycles. The maximum atomic E-state index is 12.9. The van der Waals surface area contributed by atoms with Crippen molar-refractivity contribution >= 4 is 12.0 Å². The molecule has 1 amide bonds. The van der Waals surface area contributed by atoms with Gasteiger partial charge in [0.2, 0.25) is 5.91 Å². The minimum atomic E-state index is -0.410. The Morgan fingerprint density at radius 1 is 1.47 bits per heavy atom. The molecule has 1 unspecified atom stereocenters. The van der Waals surface area contributed by atoms with Crippen molar-refractivity contribution in [2.45, 2.75) is 26.4 Å². The van der Waals surface area contributed by atoms with Gasteiger partial charge < -0.3 is 10.4 Å². The van der Waals surface area contributed by atoms with Gasteiger partial charge in [-0.05, 0) is 36.1 Å². The zero-order valence-corrected chi connectivity index (χ0v) is 11.3. The van der Waals surface area contributed by atoms with Crippen molar-refractivity contribution in [1.82, 2.24) is 5.32 Å². The summed E-state index contributed by atoms with van der Waals surface area (Å²) in [6, 6.07) is 6.01. The highest BCUT2D eigenvalue weighted by atomic mass is 19.1. The van der Waals surface area contributed by atoms with Crippen LogP contribution in [0.15, 0.2) is 30.3 Å². The average Bonchev–Trinajstić information content (AvgIpc) is 2.36. The van der Waals surface area contributed by atoms with Crippen molar-refractivity contribution in [3.63, 3.8) is 0 Å². The molecular weight excluding hydrogens is 245 g/mol. The van der Waals surface area contributed by atoms with Gasteiger partial charge in [0.15, 0.2) is 0 Å². The van der Waals surface area contributed by atoms with E-state index in [0.717, 1.165) is 0 Å². The van der Waals surface area contributed by atoms with E-state index in [1.165, 1.54) is 18.2 Å². The van der Waals surface area contributed by atoms with Gasteiger partial charge in [-0.25, -0.2) is 4.39 Å². The van der Waals surface area contributed by atoms with Crippen LogP contribution in [0.4, 0.5) is 4.39 Å². The second kappa shape index (κ2) is 7.69. The molecule has 0 saturated heterocycles. The summed E-state index contributed by atoms with van der Waals surface area (Å²) in [5.41, 5.74) is 0.636. The molecule has 0 aliphatic rings. The lowest BCUT2D eigenvalue weighted by Gasteiger charge is -2.13. The number of rotatable bonds is 6. The molecule has 0 radical (unpaired) electrons. The predicted molar refractivity (Wildman–Crippen MR) is 73.9 cm³/mol. The number of hydrogen-bond donors (Lipinski definition) is 2. The Bertz CT molecular complexity index is 444. The van der Waals surface area contributed by atoms with Gasteiger partial charge in [-0.3, -0.25) is 4.79 Å². The maximum absolute atomic E-state index is 12.9. The summed E-state index contributed by atoms with van der Waals surface area (Å²) in [6.07, 6.45) is 3.03. The van der Waals surface area contributed by atoms with Crippen LogP contribution >= 0.6 is 0 Å². The van der Waals surface area contributed by atoms with Crippen LogP contribution in [0, 0.1) is 11.7 Å². The van der Waals surface area contributed by atoms with E-state index in [9.17, 15) is 14.3 Å². The molecule has 0 heterocycles. The summed E-state index contributed by atoms with van der Waals surface area (Å²) in [5.74, 6) is -0.400. The van der Waals surface area contributed by atoms with Gasteiger partial charge in [-0.1, -0.05) is 26.0 Å². The van der Waals surface area contributed by atoms with E-state index in [0.29, 0.717) is 18.5 Å². The maximum Gasteiger partial charge on any atom is 0.244 e. The first-order chi connectivity index (χ1) is 8.99. The van der Waals surface area contributed by atoms with Gasteiger partial charge in [-0.15, -0.1) is 0 Å². The van der Waals surface area contributed by atoms with Crippen molar-refractivity contribution in [2.24, 2.45) is 5.92 Å². The van der Waals surface area contributed by atoms with Gasteiger partial charge in [-0.2, -0.15) is 0 Å². The largest absolute Gasteiger partial charge is 0.393 e. The highest BCUT2D eigenvalue weighted by Crippen LogP contribution is 2.05. The van der Waals surface area contributed by atoms with Crippen molar-refractivity contribution in [1.29, 1.82) is 0 Å². The Kier molecular flexibility index (Phi) is 6.22. The lowest BCUT2D eigenvalue weighted by Crippen LogP contribution is -2.27. The molecule has 104 valence electrons. The molecule has 0 aliphatic heterocycles. The smallest absolute Gasteiger partial charge is 0.244 e. The van der Waals surface area contributed by atoms with Crippen LogP contribution in [0.3, 0.4) is 0 Å². The van der Waals surface area contributed by atoms with Gasteiger partial charge in [0.1, 0.15) is 5.82 Å². The second-order valence-electron chi connectivity index (χ2n) is 4.78. The lowest BCUT2D eigenvalue weighted by molar-refractivity contribution is -0.116. The SMILES string of the molecule is CC(C)C(O)CCNC(=O)C=Cc1cccc(F)c1. The first kappa shape index (κ1) is 15.4. The predicted octanol–water partition coefficient (Wildman–Crippen LogP) is 2.36. The molecule has 0 bridgehead atoms. The van der Waals surface area contributed by atoms with Gasteiger partial charge in [0.25, 0.3) is 0 Å². The van der Waals surface area contributed by atoms with Gasteiger partial charge in [0.05, 0.1) is 6.10 Å². The van der Waals surface area contributed by atoms with Crippen LogP contribution in [0.2, 0.25) is 0 Å². The molecule has 4 heteroatoms. The summed E-state index contributed by atoms with van der Waals surface area (Å²) in [4.78, 5) is 11.5. The highest BCUT2D eigenvalue weighted by molar-refractivity contribution is 5.91. The summed E-state index contributed by atoms with van der Waals surface area (Å²) in [5, 5.41) is 12.2. The summed E-state index contributed by atoms with van der Waals surface area (Å²) < 4.78 is 12.9. The van der Waals surface area contributed by atoms with Crippen LogP contribution in [-0.2, 0) is 4.79 Å². The molecule has 3 nitrogen and oxygen atoms in total. The zero-order chi connectivity index (χ0) is 14.3. The number of halogens is 1. The van der Waals surface area contributed by atoms with E-state index < -0.39 is 6.10 Å². The number of amides is 1. The van der Waals surface area contributed by atoms with Crippen molar-refractivity contribution < 1.29 is 14.3 Å². The normalized spacial score (nSPS) is 12.9. The minimum absolute atomic E-state index is 0.180. The molecule has 1 atom stereocenters. The lowest BCUT2D eigenvalue weighted by atomic mass is 10.0. The number of nitrogens with one attached hydrogen (secondary N) is 1. The number of benzene rings is 1. The fraction of sp³-hybridized carbons (Fsp3) is 0.400. The fourth-order valence-corrected chi connectivity index (χ4v) is 1.52. The third-order valence-electron chi connectivity index (χ3n) is 2.78. The topological polar surface area (TPSA) is 49.3 Å². The fourth-order valence-electron chi connectivity index (χ4n) is 1.52.